The molecule has 0 fully saturated rings. The van der Waals surface area contributed by atoms with Gasteiger partial charge in [0.2, 0.25) is 0 Å². The monoisotopic (exact) mass is 184 g/mol. The van der Waals surface area contributed by atoms with Gasteiger partial charge in [0.1, 0.15) is 0 Å². The SMILES string of the molecule is CCN(/C=C/C(=O)OC)N=C(C)C. The van der Waals surface area contributed by atoms with Crippen molar-refractivity contribution in [2.75, 3.05) is 13.7 Å². The molecular formula is C9H16N2O2. The van der Waals surface area contributed by atoms with Gasteiger partial charge in [-0.25, -0.2) is 4.79 Å². The molecule has 0 N–H and O–H groups in total. The molecule has 0 aromatic carbocycles. The molecule has 0 radical (unpaired) electrons. The smallest absolute Gasteiger partial charge is 0.332 e. The van der Waals surface area contributed by atoms with Crippen molar-refractivity contribution >= 4 is 11.7 Å². The average Bonchev–Trinajstić information content (AvgIpc) is 2.10. The van der Waals surface area contributed by atoms with E-state index in [1.807, 2.05) is 20.8 Å². The van der Waals surface area contributed by atoms with Crippen molar-refractivity contribution in [3.63, 3.8) is 0 Å². The van der Waals surface area contributed by atoms with E-state index in [0.29, 0.717) is 0 Å². The van der Waals surface area contributed by atoms with Crippen LogP contribution in [0.4, 0.5) is 0 Å². The molecule has 0 aliphatic heterocycles. The van der Waals surface area contributed by atoms with E-state index in [1.165, 1.54) is 13.2 Å². The van der Waals surface area contributed by atoms with Gasteiger partial charge in [-0.15, -0.1) is 0 Å². The van der Waals surface area contributed by atoms with Crippen molar-refractivity contribution in [1.82, 2.24) is 5.01 Å². The van der Waals surface area contributed by atoms with Crippen LogP contribution in [0.1, 0.15) is 20.8 Å². The molecular weight excluding hydrogens is 168 g/mol. The molecule has 0 atom stereocenters. The zero-order valence-electron chi connectivity index (χ0n) is 8.57. The Kier molecular flexibility index (Phi) is 5.59. The summed E-state index contributed by atoms with van der Waals surface area (Å²) in [5, 5.41) is 5.83. The van der Waals surface area contributed by atoms with Gasteiger partial charge >= 0.3 is 5.97 Å². The Morgan fingerprint density at radius 2 is 2.15 bits per heavy atom. The number of carbonyl (C=O) groups excluding carboxylic acids is 1. The first kappa shape index (κ1) is 11.7. The molecule has 0 aliphatic rings. The number of nitrogens with zero attached hydrogens (tertiary/aromatic N) is 2. The third-order valence-electron chi connectivity index (χ3n) is 1.24. The van der Waals surface area contributed by atoms with Crippen molar-refractivity contribution in [2.45, 2.75) is 20.8 Å². The van der Waals surface area contributed by atoms with Crippen LogP contribution in [0, 0.1) is 0 Å². The molecule has 4 heteroatoms. The number of hydrogen-bond acceptors (Lipinski definition) is 4. The predicted molar refractivity (Wildman–Crippen MR) is 52.3 cm³/mol. The summed E-state index contributed by atoms with van der Waals surface area (Å²) in [7, 11) is 1.34. The molecule has 0 unspecified atom stereocenters. The van der Waals surface area contributed by atoms with E-state index in [9.17, 15) is 4.79 Å². The number of hydrazone groups is 1. The molecule has 0 aromatic heterocycles. The Morgan fingerprint density at radius 1 is 1.54 bits per heavy atom. The molecule has 13 heavy (non-hydrogen) atoms. The largest absolute Gasteiger partial charge is 0.466 e. The lowest BCUT2D eigenvalue weighted by molar-refractivity contribution is -0.134. The maximum atomic E-state index is 10.7. The molecule has 0 heterocycles. The molecule has 0 aliphatic carbocycles. The normalized spacial score (nSPS) is 9.85. The summed E-state index contributed by atoms with van der Waals surface area (Å²) in [5.41, 5.74) is 0.941. The first-order valence-corrected chi connectivity index (χ1v) is 4.14. The van der Waals surface area contributed by atoms with E-state index in [4.69, 9.17) is 0 Å². The molecule has 74 valence electrons. The molecule has 0 spiro atoms. The van der Waals surface area contributed by atoms with E-state index in [0.717, 1.165) is 12.3 Å². The van der Waals surface area contributed by atoms with Crippen LogP contribution >= 0.6 is 0 Å². The molecule has 0 saturated carbocycles. The van der Waals surface area contributed by atoms with Crippen molar-refractivity contribution < 1.29 is 9.53 Å². The summed E-state index contributed by atoms with van der Waals surface area (Å²) in [6, 6.07) is 0. The number of rotatable bonds is 4. The summed E-state index contributed by atoms with van der Waals surface area (Å²) >= 11 is 0. The van der Waals surface area contributed by atoms with Crippen LogP contribution in [0.5, 0.6) is 0 Å². The quantitative estimate of drug-likeness (QED) is 0.287. The summed E-state index contributed by atoms with van der Waals surface area (Å²) in [4.78, 5) is 10.7. The average molecular weight is 184 g/mol. The number of carbonyl (C=O) groups is 1. The molecule has 0 amide bonds. The van der Waals surface area contributed by atoms with Gasteiger partial charge in [0.05, 0.1) is 7.11 Å². The van der Waals surface area contributed by atoms with Crippen LogP contribution in [0.3, 0.4) is 0 Å². The van der Waals surface area contributed by atoms with Crippen LogP contribution < -0.4 is 0 Å². The summed E-state index contributed by atoms with van der Waals surface area (Å²) in [6.45, 7) is 6.47. The first-order valence-electron chi connectivity index (χ1n) is 4.14. The fourth-order valence-electron chi connectivity index (χ4n) is 0.681. The molecule has 0 saturated heterocycles. The van der Waals surface area contributed by atoms with Gasteiger partial charge < -0.3 is 4.74 Å². The number of methoxy groups -OCH3 is 1. The van der Waals surface area contributed by atoms with Crippen molar-refractivity contribution in [3.05, 3.63) is 12.3 Å². The van der Waals surface area contributed by atoms with E-state index < -0.39 is 0 Å². The van der Waals surface area contributed by atoms with Crippen LogP contribution in [-0.4, -0.2) is 30.3 Å². The number of esters is 1. The van der Waals surface area contributed by atoms with Gasteiger partial charge in [-0.1, -0.05) is 0 Å². The fraction of sp³-hybridized carbons (Fsp3) is 0.556. The minimum absolute atomic E-state index is 0.373. The van der Waals surface area contributed by atoms with Crippen LogP contribution in [0.15, 0.2) is 17.4 Å². The van der Waals surface area contributed by atoms with Crippen molar-refractivity contribution in [2.24, 2.45) is 5.10 Å². The Balaban J connectivity index is 4.20. The van der Waals surface area contributed by atoms with Gasteiger partial charge in [0.25, 0.3) is 0 Å². The van der Waals surface area contributed by atoms with Crippen molar-refractivity contribution in [3.8, 4) is 0 Å². The summed E-state index contributed by atoms with van der Waals surface area (Å²) in [5.74, 6) is -0.373. The highest BCUT2D eigenvalue weighted by atomic mass is 16.5. The zero-order valence-corrected chi connectivity index (χ0v) is 8.57. The Hall–Kier alpha value is -1.32. The Bertz CT molecular complexity index is 218. The number of hydrogen-bond donors (Lipinski definition) is 0. The minimum atomic E-state index is -0.373. The zero-order chi connectivity index (χ0) is 10.3. The Labute approximate surface area is 78.9 Å². The summed E-state index contributed by atoms with van der Waals surface area (Å²) in [6.07, 6.45) is 2.94. The predicted octanol–water partition coefficient (Wildman–Crippen LogP) is 1.39. The van der Waals surface area contributed by atoms with E-state index in [-0.39, 0.29) is 5.97 Å². The maximum absolute atomic E-state index is 10.7. The second kappa shape index (κ2) is 6.22. The molecule has 0 bridgehead atoms. The topological polar surface area (TPSA) is 41.9 Å². The van der Waals surface area contributed by atoms with Gasteiger partial charge in [-0.05, 0) is 20.8 Å². The second-order valence-corrected chi connectivity index (χ2v) is 2.64. The first-order chi connectivity index (χ1) is 6.10. The van der Waals surface area contributed by atoms with Gasteiger partial charge in [0, 0.05) is 24.5 Å². The molecule has 4 nitrogen and oxygen atoms in total. The fourth-order valence-corrected chi connectivity index (χ4v) is 0.681. The van der Waals surface area contributed by atoms with Crippen LogP contribution in [-0.2, 0) is 9.53 Å². The van der Waals surface area contributed by atoms with Gasteiger partial charge in [-0.2, -0.15) is 5.10 Å². The highest BCUT2D eigenvalue weighted by Crippen LogP contribution is 1.92. The maximum Gasteiger partial charge on any atom is 0.332 e. The van der Waals surface area contributed by atoms with Gasteiger partial charge in [0.15, 0.2) is 0 Å². The van der Waals surface area contributed by atoms with Crippen LogP contribution in [0.25, 0.3) is 0 Å². The lowest BCUT2D eigenvalue weighted by Crippen LogP contribution is -2.11. The second-order valence-electron chi connectivity index (χ2n) is 2.64. The lowest BCUT2D eigenvalue weighted by atomic mass is 10.5. The summed E-state index contributed by atoms with van der Waals surface area (Å²) < 4.78 is 4.45. The van der Waals surface area contributed by atoms with E-state index in [1.54, 1.807) is 11.2 Å². The standard InChI is InChI=1S/C9H16N2O2/c1-5-11(10-8(2)3)7-6-9(12)13-4/h6-7H,5H2,1-4H3/b7-6+. The third-order valence-corrected chi connectivity index (χ3v) is 1.24. The minimum Gasteiger partial charge on any atom is -0.466 e. The molecule has 0 rings (SSSR count). The highest BCUT2D eigenvalue weighted by Gasteiger charge is 1.94. The van der Waals surface area contributed by atoms with E-state index in [2.05, 4.69) is 9.84 Å². The van der Waals surface area contributed by atoms with Gasteiger partial charge in [-0.3, -0.25) is 5.01 Å². The Morgan fingerprint density at radius 3 is 2.54 bits per heavy atom. The van der Waals surface area contributed by atoms with E-state index >= 15 is 0 Å². The highest BCUT2D eigenvalue weighted by molar-refractivity contribution is 5.81. The number of ether oxygens (including phenoxy) is 1. The third kappa shape index (κ3) is 5.90. The van der Waals surface area contributed by atoms with Crippen molar-refractivity contribution in [1.29, 1.82) is 0 Å². The molecule has 0 aromatic rings. The van der Waals surface area contributed by atoms with Crippen LogP contribution in [0.2, 0.25) is 0 Å². The lowest BCUT2D eigenvalue weighted by Gasteiger charge is -2.10.